The summed E-state index contributed by atoms with van der Waals surface area (Å²) in [4.78, 5) is 16.3. The van der Waals surface area contributed by atoms with Crippen LogP contribution in [0.5, 0.6) is 5.75 Å². The van der Waals surface area contributed by atoms with Crippen molar-refractivity contribution in [3.63, 3.8) is 0 Å². The van der Waals surface area contributed by atoms with Crippen LogP contribution in [0, 0.1) is 0 Å². The van der Waals surface area contributed by atoms with Crippen LogP contribution >= 0.6 is 0 Å². The molecule has 9 heteroatoms. The van der Waals surface area contributed by atoms with E-state index in [0.717, 1.165) is 27.6 Å². The lowest BCUT2D eigenvalue weighted by atomic mass is 10.1. The number of nitrogens with zero attached hydrogens (tertiary/aromatic N) is 4. The normalized spacial score (nSPS) is 11.8. The van der Waals surface area contributed by atoms with Crippen LogP contribution in [-0.4, -0.2) is 38.0 Å². The third kappa shape index (κ3) is 2.73. The van der Waals surface area contributed by atoms with Gasteiger partial charge in [0, 0.05) is 17.0 Å². The molecule has 4 N–H and O–H groups in total. The summed E-state index contributed by atoms with van der Waals surface area (Å²) in [5.74, 6) is 0.893. The van der Waals surface area contributed by atoms with Crippen molar-refractivity contribution in [2.45, 2.75) is 19.4 Å². The van der Waals surface area contributed by atoms with E-state index in [1.54, 1.807) is 39.5 Å². The molecule has 1 amide bonds. The number of primary amides is 1. The van der Waals surface area contributed by atoms with Gasteiger partial charge in [0.2, 0.25) is 5.91 Å². The van der Waals surface area contributed by atoms with Crippen LogP contribution in [-0.2, 0) is 10.3 Å². The van der Waals surface area contributed by atoms with E-state index < -0.39 is 11.4 Å². The SMILES string of the molecule is COc1ccc2nc(Nc3cnn(C(C)(C)C(N)=O)c3)c3[nH]ncc3c2c1. The fourth-order valence-electron chi connectivity index (χ4n) is 2.84. The standard InChI is InChI=1S/C18H19N7O2/c1-18(2,17(19)26)25-9-10(7-21-25)22-16-15-13(8-20-24-15)12-6-11(27-3)4-5-14(12)23-16/h4-9H,1-3H3,(H2,19,26)(H,20,24)(H,22,23). The number of aromatic nitrogens is 5. The minimum absolute atomic E-state index is 0.467. The minimum Gasteiger partial charge on any atom is -0.497 e. The number of hydrogen-bond donors (Lipinski definition) is 3. The van der Waals surface area contributed by atoms with E-state index >= 15 is 0 Å². The molecule has 0 bridgehead atoms. The van der Waals surface area contributed by atoms with Gasteiger partial charge < -0.3 is 15.8 Å². The topological polar surface area (TPSA) is 124 Å². The third-order valence-electron chi connectivity index (χ3n) is 4.62. The van der Waals surface area contributed by atoms with Crippen LogP contribution in [0.1, 0.15) is 13.8 Å². The molecular formula is C18H19N7O2. The Hall–Kier alpha value is -3.62. The van der Waals surface area contributed by atoms with Crippen molar-refractivity contribution in [2.75, 3.05) is 12.4 Å². The highest BCUT2D eigenvalue weighted by molar-refractivity contribution is 6.09. The molecule has 0 spiro atoms. The van der Waals surface area contributed by atoms with Crippen LogP contribution in [0.15, 0.2) is 36.8 Å². The first-order valence-corrected chi connectivity index (χ1v) is 8.33. The van der Waals surface area contributed by atoms with Crippen LogP contribution in [0.4, 0.5) is 11.5 Å². The summed E-state index contributed by atoms with van der Waals surface area (Å²) in [5.41, 5.74) is 6.77. The van der Waals surface area contributed by atoms with E-state index in [-0.39, 0.29) is 0 Å². The van der Waals surface area contributed by atoms with Gasteiger partial charge in [-0.1, -0.05) is 0 Å². The second kappa shape index (κ2) is 5.97. The fraction of sp³-hybridized carbons (Fsp3) is 0.222. The lowest BCUT2D eigenvalue weighted by molar-refractivity contribution is -0.125. The molecule has 0 radical (unpaired) electrons. The van der Waals surface area contributed by atoms with E-state index in [0.29, 0.717) is 11.5 Å². The number of methoxy groups -OCH3 is 1. The number of fused-ring (bicyclic) bond motifs is 3. The van der Waals surface area contributed by atoms with Crippen molar-refractivity contribution in [1.82, 2.24) is 25.0 Å². The van der Waals surface area contributed by atoms with E-state index in [9.17, 15) is 4.79 Å². The number of carbonyl (C=O) groups excluding carboxylic acids is 1. The Morgan fingerprint density at radius 3 is 2.85 bits per heavy atom. The smallest absolute Gasteiger partial charge is 0.244 e. The first-order chi connectivity index (χ1) is 12.9. The van der Waals surface area contributed by atoms with Gasteiger partial charge in [0.15, 0.2) is 5.82 Å². The van der Waals surface area contributed by atoms with Gasteiger partial charge in [0.1, 0.15) is 16.8 Å². The summed E-state index contributed by atoms with van der Waals surface area (Å²) < 4.78 is 6.83. The molecule has 9 nitrogen and oxygen atoms in total. The quantitative estimate of drug-likeness (QED) is 0.498. The number of ether oxygens (including phenoxy) is 1. The van der Waals surface area contributed by atoms with E-state index in [1.165, 1.54) is 4.68 Å². The summed E-state index contributed by atoms with van der Waals surface area (Å²) in [6.07, 6.45) is 5.09. The van der Waals surface area contributed by atoms with Crippen molar-refractivity contribution < 1.29 is 9.53 Å². The second-order valence-electron chi connectivity index (χ2n) is 6.72. The number of hydrogen-bond acceptors (Lipinski definition) is 6. The maximum Gasteiger partial charge on any atom is 0.244 e. The van der Waals surface area contributed by atoms with Gasteiger partial charge in [-0.2, -0.15) is 10.2 Å². The predicted molar refractivity (Wildman–Crippen MR) is 102 cm³/mol. The molecular weight excluding hydrogens is 346 g/mol. The van der Waals surface area contributed by atoms with Crippen LogP contribution in [0.25, 0.3) is 21.8 Å². The average Bonchev–Trinajstić information content (AvgIpc) is 3.31. The highest BCUT2D eigenvalue weighted by Crippen LogP contribution is 2.31. The van der Waals surface area contributed by atoms with Gasteiger partial charge in [0.05, 0.1) is 30.7 Å². The summed E-state index contributed by atoms with van der Waals surface area (Å²) in [6.45, 7) is 3.42. The second-order valence-corrected chi connectivity index (χ2v) is 6.72. The third-order valence-corrected chi connectivity index (χ3v) is 4.62. The molecule has 0 fully saturated rings. The number of benzene rings is 1. The molecule has 0 unspecified atom stereocenters. The molecule has 138 valence electrons. The van der Waals surface area contributed by atoms with Gasteiger partial charge in [-0.05, 0) is 32.0 Å². The van der Waals surface area contributed by atoms with Crippen molar-refractivity contribution in [3.8, 4) is 5.75 Å². The maximum absolute atomic E-state index is 11.6. The van der Waals surface area contributed by atoms with E-state index in [4.69, 9.17) is 10.5 Å². The average molecular weight is 365 g/mol. The van der Waals surface area contributed by atoms with Crippen molar-refractivity contribution in [2.24, 2.45) is 5.73 Å². The largest absolute Gasteiger partial charge is 0.497 e. The first kappa shape index (κ1) is 16.8. The van der Waals surface area contributed by atoms with Crippen molar-refractivity contribution in [1.29, 1.82) is 0 Å². The molecule has 27 heavy (non-hydrogen) atoms. The molecule has 3 aromatic heterocycles. The number of amides is 1. The molecule has 4 aromatic rings. The number of pyridine rings is 1. The molecule has 4 rings (SSSR count). The number of anilines is 2. The summed E-state index contributed by atoms with van der Waals surface area (Å²) >= 11 is 0. The number of rotatable bonds is 5. The Labute approximate surface area is 154 Å². The highest BCUT2D eigenvalue weighted by atomic mass is 16.5. The lowest BCUT2D eigenvalue weighted by Crippen LogP contribution is -2.41. The van der Waals surface area contributed by atoms with Gasteiger partial charge in [-0.3, -0.25) is 14.6 Å². The summed E-state index contributed by atoms with van der Waals surface area (Å²) in [5, 5.41) is 16.5. The fourth-order valence-corrected chi connectivity index (χ4v) is 2.84. The first-order valence-electron chi connectivity index (χ1n) is 8.33. The van der Waals surface area contributed by atoms with Crippen LogP contribution in [0.3, 0.4) is 0 Å². The van der Waals surface area contributed by atoms with Crippen LogP contribution < -0.4 is 15.8 Å². The van der Waals surface area contributed by atoms with Gasteiger partial charge in [-0.25, -0.2) is 4.98 Å². The monoisotopic (exact) mass is 365 g/mol. The molecule has 0 aliphatic carbocycles. The van der Waals surface area contributed by atoms with Crippen molar-refractivity contribution in [3.05, 3.63) is 36.8 Å². The number of nitrogens with one attached hydrogen (secondary N) is 2. The number of H-pyrrole nitrogens is 1. The molecule has 1 aromatic carbocycles. The zero-order chi connectivity index (χ0) is 19.2. The van der Waals surface area contributed by atoms with Gasteiger partial charge in [-0.15, -0.1) is 0 Å². The molecule has 0 saturated heterocycles. The highest BCUT2D eigenvalue weighted by Gasteiger charge is 2.28. The van der Waals surface area contributed by atoms with Gasteiger partial charge in [0.25, 0.3) is 0 Å². The summed E-state index contributed by atoms with van der Waals surface area (Å²) in [6, 6.07) is 5.68. The minimum atomic E-state index is -0.934. The molecule has 0 saturated carbocycles. The summed E-state index contributed by atoms with van der Waals surface area (Å²) in [7, 11) is 1.63. The Balaban J connectivity index is 1.77. The van der Waals surface area contributed by atoms with Crippen LogP contribution in [0.2, 0.25) is 0 Å². The zero-order valence-corrected chi connectivity index (χ0v) is 15.1. The lowest BCUT2D eigenvalue weighted by Gasteiger charge is -2.20. The Kier molecular flexibility index (Phi) is 3.72. The Bertz CT molecular complexity index is 1160. The number of nitrogens with two attached hydrogens (primary N) is 1. The van der Waals surface area contributed by atoms with Gasteiger partial charge >= 0.3 is 0 Å². The van der Waals surface area contributed by atoms with Crippen molar-refractivity contribution >= 4 is 39.2 Å². The van der Waals surface area contributed by atoms with E-state index in [1.807, 2.05) is 18.2 Å². The molecule has 3 heterocycles. The molecule has 0 aliphatic rings. The predicted octanol–water partition coefficient (Wildman–Crippen LogP) is 2.28. The zero-order valence-electron chi connectivity index (χ0n) is 15.1. The number of carbonyl (C=O) groups is 1. The maximum atomic E-state index is 11.6. The molecule has 0 atom stereocenters. The Morgan fingerprint density at radius 1 is 1.30 bits per heavy atom. The molecule has 0 aliphatic heterocycles. The Morgan fingerprint density at radius 2 is 2.11 bits per heavy atom. The number of aromatic amines is 1. The van der Waals surface area contributed by atoms with E-state index in [2.05, 4.69) is 25.6 Å².